The topological polar surface area (TPSA) is 89.3 Å². The minimum absolute atomic E-state index is 0.273. The standard InChI is InChI=1S/C17H20N2O4S/c1-3-13-4-6-14(7-5-13)10-11-18-15-8-9-16(19(20)21)17(12-15)24(2,22)23/h4-9,12,18H,3,10-11H2,1-2H3. The predicted octanol–water partition coefficient (Wildman–Crippen LogP) is 3.22. The summed E-state index contributed by atoms with van der Waals surface area (Å²) in [6, 6.07) is 12.4. The first-order valence-electron chi connectivity index (χ1n) is 7.61. The summed E-state index contributed by atoms with van der Waals surface area (Å²) in [6.45, 7) is 2.71. The van der Waals surface area contributed by atoms with E-state index in [1.54, 1.807) is 0 Å². The van der Waals surface area contributed by atoms with E-state index in [2.05, 4.69) is 36.5 Å². The van der Waals surface area contributed by atoms with Gasteiger partial charge in [0.05, 0.1) is 4.92 Å². The van der Waals surface area contributed by atoms with Crippen molar-refractivity contribution in [2.45, 2.75) is 24.7 Å². The number of nitrogens with zero attached hydrogens (tertiary/aromatic N) is 1. The van der Waals surface area contributed by atoms with Crippen LogP contribution in [0.1, 0.15) is 18.1 Å². The summed E-state index contributed by atoms with van der Waals surface area (Å²) in [5, 5.41) is 14.1. The highest BCUT2D eigenvalue weighted by Crippen LogP contribution is 2.27. The molecule has 24 heavy (non-hydrogen) atoms. The Morgan fingerprint density at radius 1 is 1.08 bits per heavy atom. The van der Waals surface area contributed by atoms with Gasteiger partial charge in [0.1, 0.15) is 4.90 Å². The lowest BCUT2D eigenvalue weighted by Crippen LogP contribution is -2.07. The molecular formula is C17H20N2O4S. The van der Waals surface area contributed by atoms with Crippen molar-refractivity contribution in [1.82, 2.24) is 0 Å². The van der Waals surface area contributed by atoms with Crippen molar-refractivity contribution in [3.05, 3.63) is 63.7 Å². The van der Waals surface area contributed by atoms with Crippen LogP contribution in [-0.4, -0.2) is 26.1 Å². The van der Waals surface area contributed by atoms with E-state index in [1.165, 1.54) is 29.3 Å². The Hall–Kier alpha value is -2.41. The number of sulfone groups is 1. The second-order valence-corrected chi connectivity index (χ2v) is 7.54. The highest BCUT2D eigenvalue weighted by molar-refractivity contribution is 7.90. The summed E-state index contributed by atoms with van der Waals surface area (Å²) in [5.41, 5.74) is 2.59. The number of aryl methyl sites for hydroxylation is 1. The Kier molecular flexibility index (Phi) is 5.56. The molecule has 128 valence electrons. The molecule has 0 spiro atoms. The molecule has 0 fully saturated rings. The van der Waals surface area contributed by atoms with Gasteiger partial charge >= 0.3 is 0 Å². The summed E-state index contributed by atoms with van der Waals surface area (Å²) in [7, 11) is -3.67. The first-order valence-corrected chi connectivity index (χ1v) is 9.50. The minimum atomic E-state index is -3.67. The highest BCUT2D eigenvalue weighted by Gasteiger charge is 2.22. The van der Waals surface area contributed by atoms with Crippen LogP contribution in [0.15, 0.2) is 47.4 Å². The number of hydrogen-bond donors (Lipinski definition) is 1. The third-order valence-electron chi connectivity index (χ3n) is 3.73. The number of nitrogens with one attached hydrogen (secondary N) is 1. The first-order chi connectivity index (χ1) is 11.3. The van der Waals surface area contributed by atoms with Gasteiger partial charge in [-0.05, 0) is 36.1 Å². The van der Waals surface area contributed by atoms with Crippen LogP contribution in [0.4, 0.5) is 11.4 Å². The molecule has 0 bridgehead atoms. The molecule has 2 aromatic rings. The average molecular weight is 348 g/mol. The first kappa shape index (κ1) is 17.9. The minimum Gasteiger partial charge on any atom is -0.385 e. The van der Waals surface area contributed by atoms with E-state index in [-0.39, 0.29) is 4.90 Å². The molecule has 2 rings (SSSR count). The molecule has 1 N–H and O–H groups in total. The third kappa shape index (κ3) is 4.55. The molecule has 0 saturated carbocycles. The SMILES string of the molecule is CCc1ccc(CCNc2ccc([N+](=O)[O-])c(S(C)(=O)=O)c2)cc1. The zero-order valence-electron chi connectivity index (χ0n) is 13.7. The Balaban J connectivity index is 2.08. The van der Waals surface area contributed by atoms with Gasteiger partial charge in [0.15, 0.2) is 9.84 Å². The lowest BCUT2D eigenvalue weighted by molar-refractivity contribution is -0.387. The zero-order chi connectivity index (χ0) is 17.7. The Morgan fingerprint density at radius 2 is 1.71 bits per heavy atom. The van der Waals surface area contributed by atoms with Crippen LogP contribution in [0, 0.1) is 10.1 Å². The third-order valence-corrected chi connectivity index (χ3v) is 4.86. The molecular weight excluding hydrogens is 328 g/mol. The molecule has 0 unspecified atom stereocenters. The number of nitro groups is 1. The Bertz CT molecular complexity index is 830. The number of benzene rings is 2. The van der Waals surface area contributed by atoms with Gasteiger partial charge in [0.2, 0.25) is 0 Å². The van der Waals surface area contributed by atoms with Crippen molar-refractivity contribution in [1.29, 1.82) is 0 Å². The maximum Gasteiger partial charge on any atom is 0.288 e. The maximum atomic E-state index is 11.7. The highest BCUT2D eigenvalue weighted by atomic mass is 32.2. The van der Waals surface area contributed by atoms with Gasteiger partial charge in [0, 0.05) is 24.6 Å². The van der Waals surface area contributed by atoms with Crippen LogP contribution in [-0.2, 0) is 22.7 Å². The van der Waals surface area contributed by atoms with Crippen molar-refractivity contribution in [3.8, 4) is 0 Å². The van der Waals surface area contributed by atoms with Gasteiger partial charge in [0.25, 0.3) is 5.69 Å². The van der Waals surface area contributed by atoms with Crippen molar-refractivity contribution < 1.29 is 13.3 Å². The van der Waals surface area contributed by atoms with Gasteiger partial charge in [-0.25, -0.2) is 8.42 Å². The molecule has 7 heteroatoms. The lowest BCUT2D eigenvalue weighted by atomic mass is 10.1. The smallest absolute Gasteiger partial charge is 0.288 e. The van der Waals surface area contributed by atoms with Gasteiger partial charge in [-0.2, -0.15) is 0 Å². The normalized spacial score (nSPS) is 11.2. The molecule has 0 aliphatic carbocycles. The molecule has 6 nitrogen and oxygen atoms in total. The van der Waals surface area contributed by atoms with Crippen LogP contribution in [0.3, 0.4) is 0 Å². The summed E-state index contributed by atoms with van der Waals surface area (Å²) in [4.78, 5) is 9.99. The van der Waals surface area contributed by atoms with E-state index in [4.69, 9.17) is 0 Å². The predicted molar refractivity (Wildman–Crippen MR) is 94.2 cm³/mol. The summed E-state index contributed by atoms with van der Waals surface area (Å²) < 4.78 is 23.5. The fraction of sp³-hybridized carbons (Fsp3) is 0.294. The van der Waals surface area contributed by atoms with E-state index in [1.807, 2.05) is 0 Å². The van der Waals surface area contributed by atoms with Crippen molar-refractivity contribution >= 4 is 21.2 Å². The average Bonchev–Trinajstić information content (AvgIpc) is 2.54. The number of rotatable bonds is 7. The number of anilines is 1. The van der Waals surface area contributed by atoms with Crippen LogP contribution < -0.4 is 5.32 Å². The Labute approximate surface area is 141 Å². The zero-order valence-corrected chi connectivity index (χ0v) is 14.5. The fourth-order valence-corrected chi connectivity index (χ4v) is 3.23. The van der Waals surface area contributed by atoms with Gasteiger partial charge in [-0.3, -0.25) is 10.1 Å². The van der Waals surface area contributed by atoms with Crippen molar-refractivity contribution in [2.24, 2.45) is 0 Å². The van der Waals surface area contributed by atoms with Crippen LogP contribution in [0.2, 0.25) is 0 Å². The van der Waals surface area contributed by atoms with E-state index in [0.29, 0.717) is 12.2 Å². The van der Waals surface area contributed by atoms with Crippen molar-refractivity contribution in [2.75, 3.05) is 18.1 Å². The molecule has 0 atom stereocenters. The molecule has 0 aliphatic rings. The molecule has 0 aromatic heterocycles. The van der Waals surface area contributed by atoms with Gasteiger partial charge in [-0.15, -0.1) is 0 Å². The monoisotopic (exact) mass is 348 g/mol. The molecule has 0 radical (unpaired) electrons. The summed E-state index contributed by atoms with van der Waals surface area (Å²) >= 11 is 0. The molecule has 0 saturated heterocycles. The van der Waals surface area contributed by atoms with Crippen LogP contribution >= 0.6 is 0 Å². The summed E-state index contributed by atoms with van der Waals surface area (Å²) in [5.74, 6) is 0. The number of hydrogen-bond acceptors (Lipinski definition) is 5. The van der Waals surface area contributed by atoms with E-state index in [9.17, 15) is 18.5 Å². The summed E-state index contributed by atoms with van der Waals surface area (Å²) in [6.07, 6.45) is 2.74. The molecule has 0 heterocycles. The van der Waals surface area contributed by atoms with Crippen LogP contribution in [0.5, 0.6) is 0 Å². The van der Waals surface area contributed by atoms with Crippen LogP contribution in [0.25, 0.3) is 0 Å². The van der Waals surface area contributed by atoms with Gasteiger partial charge < -0.3 is 5.32 Å². The van der Waals surface area contributed by atoms with Crippen molar-refractivity contribution in [3.63, 3.8) is 0 Å². The molecule has 0 amide bonds. The Morgan fingerprint density at radius 3 is 2.25 bits per heavy atom. The fourth-order valence-electron chi connectivity index (χ4n) is 2.36. The lowest BCUT2D eigenvalue weighted by Gasteiger charge is -2.09. The quantitative estimate of drug-likeness (QED) is 0.613. The van der Waals surface area contributed by atoms with Gasteiger partial charge in [-0.1, -0.05) is 31.2 Å². The molecule has 0 aliphatic heterocycles. The van der Waals surface area contributed by atoms with E-state index in [0.717, 1.165) is 19.1 Å². The van der Waals surface area contributed by atoms with E-state index >= 15 is 0 Å². The largest absolute Gasteiger partial charge is 0.385 e. The van der Waals surface area contributed by atoms with E-state index < -0.39 is 20.4 Å². The number of nitro benzene ring substituents is 1. The maximum absolute atomic E-state index is 11.7. The second kappa shape index (κ2) is 7.44. The molecule has 2 aromatic carbocycles. The second-order valence-electron chi connectivity index (χ2n) is 5.56.